The van der Waals surface area contributed by atoms with Crippen LogP contribution in [0.2, 0.25) is 5.02 Å². The number of anilines is 1. The minimum Gasteiger partial charge on any atom is -0.366 e. The molecule has 1 N–H and O–H groups in total. The van der Waals surface area contributed by atoms with Crippen molar-refractivity contribution in [3.8, 4) is 11.5 Å². The van der Waals surface area contributed by atoms with Crippen LogP contribution in [0.4, 0.5) is 5.95 Å². The summed E-state index contributed by atoms with van der Waals surface area (Å²) < 4.78 is 13.5. The number of aryl methyl sites for hydroxylation is 1. The summed E-state index contributed by atoms with van der Waals surface area (Å²) in [6, 6.07) is 1.95. The van der Waals surface area contributed by atoms with Gasteiger partial charge in [0.25, 0.3) is 0 Å². The number of aromatic nitrogens is 7. The summed E-state index contributed by atoms with van der Waals surface area (Å²) >= 11 is 7.47. The molecule has 0 amide bonds. The van der Waals surface area contributed by atoms with Gasteiger partial charge in [-0.05, 0) is 58.6 Å². The van der Waals surface area contributed by atoms with Gasteiger partial charge >= 0.3 is 0 Å². The van der Waals surface area contributed by atoms with Gasteiger partial charge in [0.2, 0.25) is 5.95 Å². The SMILES string of the molecule is CC(C)OC(c1ncc(Cl)cn1)C(C)SNc1nnc(-c2ccn(C)n2)n1C1(C)CC1. The van der Waals surface area contributed by atoms with Crippen LogP contribution in [0.25, 0.3) is 11.5 Å². The van der Waals surface area contributed by atoms with Gasteiger partial charge in [-0.15, -0.1) is 10.2 Å². The Labute approximate surface area is 191 Å². The molecule has 0 bridgehead atoms. The van der Waals surface area contributed by atoms with Crippen LogP contribution in [-0.4, -0.2) is 45.9 Å². The number of rotatable bonds is 9. The third kappa shape index (κ3) is 4.86. The smallest absolute Gasteiger partial charge is 0.235 e. The molecule has 2 unspecified atom stereocenters. The monoisotopic (exact) mass is 462 g/mol. The van der Waals surface area contributed by atoms with E-state index in [9.17, 15) is 0 Å². The van der Waals surface area contributed by atoms with Gasteiger partial charge in [-0.2, -0.15) is 5.10 Å². The predicted octanol–water partition coefficient (Wildman–Crippen LogP) is 4.25. The van der Waals surface area contributed by atoms with Crippen molar-refractivity contribution < 1.29 is 4.74 Å². The lowest BCUT2D eigenvalue weighted by molar-refractivity contribution is 0.00286. The van der Waals surface area contributed by atoms with Crippen LogP contribution in [0.3, 0.4) is 0 Å². The van der Waals surface area contributed by atoms with Crippen LogP contribution in [-0.2, 0) is 17.3 Å². The van der Waals surface area contributed by atoms with E-state index in [1.807, 2.05) is 33.2 Å². The van der Waals surface area contributed by atoms with E-state index in [0.29, 0.717) is 16.8 Å². The fraction of sp³-hybridized carbons (Fsp3) is 0.550. The average molecular weight is 463 g/mol. The second-order valence-electron chi connectivity index (χ2n) is 8.34. The quantitative estimate of drug-likeness (QED) is 0.471. The molecule has 31 heavy (non-hydrogen) atoms. The zero-order valence-corrected chi connectivity index (χ0v) is 19.9. The molecule has 0 saturated heterocycles. The molecule has 9 nitrogen and oxygen atoms in total. The van der Waals surface area contributed by atoms with Gasteiger partial charge in [0.15, 0.2) is 11.6 Å². The van der Waals surface area contributed by atoms with E-state index in [1.54, 1.807) is 17.1 Å². The number of hydrogen-bond acceptors (Lipinski definition) is 8. The molecule has 3 heterocycles. The van der Waals surface area contributed by atoms with Gasteiger partial charge in [0.05, 0.1) is 16.4 Å². The Kier molecular flexibility index (Phi) is 6.23. The zero-order chi connectivity index (χ0) is 22.2. The molecule has 0 spiro atoms. The molecular weight excluding hydrogens is 436 g/mol. The highest BCUT2D eigenvalue weighted by Crippen LogP contribution is 2.47. The second-order valence-corrected chi connectivity index (χ2v) is 9.96. The number of nitrogens with one attached hydrogen (secondary N) is 1. The minimum absolute atomic E-state index is 0.000894. The van der Waals surface area contributed by atoms with Crippen molar-refractivity contribution in [2.45, 2.75) is 63.5 Å². The molecule has 2 atom stereocenters. The lowest BCUT2D eigenvalue weighted by Crippen LogP contribution is -2.23. The van der Waals surface area contributed by atoms with Crippen molar-refractivity contribution in [3.05, 3.63) is 35.5 Å². The van der Waals surface area contributed by atoms with Crippen molar-refractivity contribution in [2.24, 2.45) is 7.05 Å². The summed E-state index contributed by atoms with van der Waals surface area (Å²) in [4.78, 5) is 8.74. The number of nitrogens with zero attached hydrogens (tertiary/aromatic N) is 7. The molecule has 11 heteroatoms. The molecule has 0 aromatic carbocycles. The topological polar surface area (TPSA) is 95.6 Å². The van der Waals surface area contributed by atoms with E-state index in [0.717, 1.165) is 24.4 Å². The zero-order valence-electron chi connectivity index (χ0n) is 18.3. The molecule has 4 rings (SSSR count). The van der Waals surface area contributed by atoms with Gasteiger partial charge in [-0.1, -0.05) is 11.6 Å². The molecule has 0 radical (unpaired) electrons. The molecule has 166 valence electrons. The molecule has 3 aromatic rings. The maximum absolute atomic E-state index is 6.13. The molecule has 3 aromatic heterocycles. The Morgan fingerprint density at radius 1 is 1.19 bits per heavy atom. The van der Waals surface area contributed by atoms with Crippen molar-refractivity contribution in [3.63, 3.8) is 0 Å². The van der Waals surface area contributed by atoms with Gasteiger partial charge in [-0.3, -0.25) is 14.0 Å². The number of ether oxygens (including phenoxy) is 1. The predicted molar refractivity (Wildman–Crippen MR) is 122 cm³/mol. The second kappa shape index (κ2) is 8.76. The summed E-state index contributed by atoms with van der Waals surface area (Å²) in [5.41, 5.74) is 0.806. The number of hydrogen-bond donors (Lipinski definition) is 1. The standard InChI is InChI=1S/C20H27ClN8OS/c1-12(2)30-16(17-22-10-14(21)11-23-17)13(3)31-27-19-25-24-18(15-6-9-28(5)26-15)29(19)20(4)7-8-20/h6,9-13,16H,7-8H2,1-5H3,(H,25,27). The average Bonchev–Trinajstić information content (AvgIpc) is 3.13. The normalized spacial score (nSPS) is 17.0. The Hall–Kier alpha value is -2.17. The van der Waals surface area contributed by atoms with Gasteiger partial charge in [0, 0.05) is 31.2 Å². The highest BCUT2D eigenvalue weighted by Gasteiger charge is 2.43. The molecule has 1 aliphatic carbocycles. The third-order valence-corrected chi connectivity index (χ3v) is 6.31. The van der Waals surface area contributed by atoms with Gasteiger partial charge in [0.1, 0.15) is 11.8 Å². The van der Waals surface area contributed by atoms with Crippen molar-refractivity contribution in [2.75, 3.05) is 4.72 Å². The molecule has 1 aliphatic rings. The van der Waals surface area contributed by atoms with E-state index in [1.165, 1.54) is 11.9 Å². The van der Waals surface area contributed by atoms with Crippen LogP contribution < -0.4 is 4.72 Å². The lowest BCUT2D eigenvalue weighted by Gasteiger charge is -2.25. The Morgan fingerprint density at radius 3 is 2.48 bits per heavy atom. The Balaban J connectivity index is 1.55. The van der Waals surface area contributed by atoms with E-state index < -0.39 is 0 Å². The van der Waals surface area contributed by atoms with Crippen molar-refractivity contribution in [1.82, 2.24) is 34.5 Å². The minimum atomic E-state index is -0.307. The first-order chi connectivity index (χ1) is 14.8. The van der Waals surface area contributed by atoms with Gasteiger partial charge < -0.3 is 4.74 Å². The summed E-state index contributed by atoms with van der Waals surface area (Å²) in [6.45, 7) is 8.28. The van der Waals surface area contributed by atoms with Crippen molar-refractivity contribution in [1.29, 1.82) is 0 Å². The summed E-state index contributed by atoms with van der Waals surface area (Å²) in [5.74, 6) is 2.08. The third-order valence-electron chi connectivity index (χ3n) is 5.20. The molecule has 1 fully saturated rings. The fourth-order valence-corrected chi connectivity index (χ4v) is 4.15. The van der Waals surface area contributed by atoms with E-state index in [4.69, 9.17) is 16.3 Å². The van der Waals surface area contributed by atoms with E-state index >= 15 is 0 Å². The molecule has 1 saturated carbocycles. The fourth-order valence-electron chi connectivity index (χ4n) is 3.32. The largest absolute Gasteiger partial charge is 0.366 e. The maximum Gasteiger partial charge on any atom is 0.235 e. The summed E-state index contributed by atoms with van der Waals surface area (Å²) in [7, 11) is 1.90. The van der Waals surface area contributed by atoms with Crippen LogP contribution >= 0.6 is 23.5 Å². The summed E-state index contributed by atoms with van der Waals surface area (Å²) in [6.07, 6.45) is 6.97. The molecular formula is C20H27ClN8OS. The first-order valence-electron chi connectivity index (χ1n) is 10.3. The van der Waals surface area contributed by atoms with E-state index in [2.05, 4.69) is 48.4 Å². The van der Waals surface area contributed by atoms with Crippen LogP contribution in [0.1, 0.15) is 52.5 Å². The van der Waals surface area contributed by atoms with Crippen LogP contribution in [0.15, 0.2) is 24.7 Å². The Morgan fingerprint density at radius 2 is 1.90 bits per heavy atom. The van der Waals surface area contributed by atoms with Crippen LogP contribution in [0.5, 0.6) is 0 Å². The Bertz CT molecular complexity index is 1030. The lowest BCUT2D eigenvalue weighted by atomic mass is 10.2. The molecule has 0 aliphatic heterocycles. The highest BCUT2D eigenvalue weighted by molar-refractivity contribution is 8.01. The van der Waals surface area contributed by atoms with Crippen molar-refractivity contribution >= 4 is 29.5 Å². The van der Waals surface area contributed by atoms with Gasteiger partial charge in [-0.25, -0.2) is 9.97 Å². The first-order valence-corrected chi connectivity index (χ1v) is 11.5. The highest BCUT2D eigenvalue weighted by atomic mass is 35.5. The first kappa shape index (κ1) is 22.0. The van der Waals surface area contributed by atoms with Crippen LogP contribution in [0, 0.1) is 0 Å². The summed E-state index contributed by atoms with van der Waals surface area (Å²) in [5, 5.41) is 13.9. The maximum atomic E-state index is 6.13. The van der Waals surface area contributed by atoms with E-state index in [-0.39, 0.29) is 23.0 Å². The number of halogens is 1.